The maximum absolute atomic E-state index is 12.2. The fourth-order valence-corrected chi connectivity index (χ4v) is 3.77. The van der Waals surface area contributed by atoms with Crippen LogP contribution in [0.25, 0.3) is 0 Å². The lowest BCUT2D eigenvalue weighted by Gasteiger charge is -2.09. The van der Waals surface area contributed by atoms with Crippen molar-refractivity contribution in [2.45, 2.75) is 13.1 Å². The van der Waals surface area contributed by atoms with Gasteiger partial charge in [-0.1, -0.05) is 109 Å². The molecule has 0 aliphatic heterocycles. The van der Waals surface area contributed by atoms with E-state index in [0.717, 1.165) is 35.3 Å². The summed E-state index contributed by atoms with van der Waals surface area (Å²) >= 11 is 0. The third-order valence-corrected chi connectivity index (χ3v) is 5.50. The Morgan fingerprint density at radius 3 is 1.00 bits per heavy atom. The van der Waals surface area contributed by atoms with Crippen molar-refractivity contribution in [2.24, 2.45) is 0 Å². The number of carbonyl (C=O) groups is 2. The van der Waals surface area contributed by atoms with Gasteiger partial charge < -0.3 is 9.80 Å². The van der Waals surface area contributed by atoms with Gasteiger partial charge in [0.15, 0.2) is 11.6 Å². The molecule has 4 heteroatoms. The molecule has 0 atom stereocenters. The number of carbonyl (C=O) groups excluding carboxylic acids is 2. The molecular weight excluding hydrogens is 468 g/mol. The molecule has 0 heterocycles. The van der Waals surface area contributed by atoms with Gasteiger partial charge in [0.2, 0.25) is 0 Å². The SMILES string of the molecule is C=C.CN(C)Cc1ccc(C(=O)c2ccccc2)cc1.CN(C)Cc1ccc(C(=O)c2ccccc2)cc1. The Labute approximate surface area is 227 Å². The molecule has 4 aromatic carbocycles. The smallest absolute Gasteiger partial charge is 0.193 e. The van der Waals surface area contributed by atoms with Gasteiger partial charge in [0.1, 0.15) is 0 Å². The zero-order chi connectivity index (χ0) is 27.9. The summed E-state index contributed by atoms with van der Waals surface area (Å²) in [5, 5.41) is 0. The van der Waals surface area contributed by atoms with Crippen LogP contribution in [0.2, 0.25) is 0 Å². The van der Waals surface area contributed by atoms with E-state index < -0.39 is 0 Å². The lowest BCUT2D eigenvalue weighted by atomic mass is 10.0. The Bertz CT molecular complexity index is 1150. The van der Waals surface area contributed by atoms with Crippen molar-refractivity contribution in [3.8, 4) is 0 Å². The van der Waals surface area contributed by atoms with Crippen LogP contribution in [0.1, 0.15) is 43.0 Å². The Morgan fingerprint density at radius 2 is 0.737 bits per heavy atom. The van der Waals surface area contributed by atoms with Crippen LogP contribution in [0.5, 0.6) is 0 Å². The molecule has 0 aliphatic rings. The van der Waals surface area contributed by atoms with E-state index in [0.29, 0.717) is 0 Å². The largest absolute Gasteiger partial charge is 0.305 e. The molecule has 0 fully saturated rings. The van der Waals surface area contributed by atoms with E-state index in [2.05, 4.69) is 23.0 Å². The van der Waals surface area contributed by atoms with E-state index in [4.69, 9.17) is 0 Å². The summed E-state index contributed by atoms with van der Waals surface area (Å²) in [7, 11) is 8.12. The lowest BCUT2D eigenvalue weighted by molar-refractivity contribution is 0.103. The van der Waals surface area contributed by atoms with Crippen molar-refractivity contribution in [3.63, 3.8) is 0 Å². The molecule has 0 spiro atoms. The molecule has 0 radical (unpaired) electrons. The van der Waals surface area contributed by atoms with E-state index >= 15 is 0 Å². The summed E-state index contributed by atoms with van der Waals surface area (Å²) in [6.45, 7) is 7.78. The van der Waals surface area contributed by atoms with Crippen LogP contribution in [-0.2, 0) is 13.1 Å². The second-order valence-corrected chi connectivity index (χ2v) is 9.26. The van der Waals surface area contributed by atoms with Crippen LogP contribution < -0.4 is 0 Å². The van der Waals surface area contributed by atoms with Gasteiger partial charge in [0.05, 0.1) is 0 Å². The molecule has 196 valence electrons. The number of hydrogen-bond acceptors (Lipinski definition) is 4. The minimum atomic E-state index is 0.0759. The van der Waals surface area contributed by atoms with Crippen LogP contribution in [0, 0.1) is 0 Å². The van der Waals surface area contributed by atoms with Crippen LogP contribution in [0.15, 0.2) is 122 Å². The molecule has 4 rings (SSSR count). The highest BCUT2D eigenvalue weighted by Crippen LogP contribution is 2.13. The highest BCUT2D eigenvalue weighted by atomic mass is 16.1. The van der Waals surface area contributed by atoms with Crippen molar-refractivity contribution in [1.82, 2.24) is 9.80 Å². The number of benzene rings is 4. The molecular formula is C34H38N2O2. The normalized spacial score (nSPS) is 10.2. The van der Waals surface area contributed by atoms with E-state index in [9.17, 15) is 9.59 Å². The summed E-state index contributed by atoms with van der Waals surface area (Å²) in [6, 6.07) is 34.4. The fourth-order valence-electron chi connectivity index (χ4n) is 3.77. The van der Waals surface area contributed by atoms with E-state index in [1.165, 1.54) is 11.1 Å². The highest BCUT2D eigenvalue weighted by Gasteiger charge is 2.09. The van der Waals surface area contributed by atoms with Crippen molar-refractivity contribution in [1.29, 1.82) is 0 Å². The molecule has 0 aromatic heterocycles. The van der Waals surface area contributed by atoms with E-state index in [1.807, 2.05) is 137 Å². The molecule has 4 aromatic rings. The van der Waals surface area contributed by atoms with Gasteiger partial charge >= 0.3 is 0 Å². The number of rotatable bonds is 8. The lowest BCUT2D eigenvalue weighted by Crippen LogP contribution is -2.10. The Balaban J connectivity index is 0.000000251. The monoisotopic (exact) mass is 506 g/mol. The molecule has 0 saturated carbocycles. The second kappa shape index (κ2) is 15.9. The standard InChI is InChI=1S/2C16H17NO.C2H4/c2*1-17(2)12-13-8-10-15(11-9-13)16(18)14-6-4-3-5-7-14;1-2/h2*3-11H,12H2,1-2H3;1-2H2. The molecule has 38 heavy (non-hydrogen) atoms. The molecule has 0 aliphatic carbocycles. The third kappa shape index (κ3) is 9.74. The van der Waals surface area contributed by atoms with Gasteiger partial charge in [-0.3, -0.25) is 9.59 Å². The minimum absolute atomic E-state index is 0.0759. The van der Waals surface area contributed by atoms with E-state index in [-0.39, 0.29) is 11.6 Å². The molecule has 0 amide bonds. The Hall–Kier alpha value is -4.12. The summed E-state index contributed by atoms with van der Waals surface area (Å²) in [5.41, 5.74) is 5.37. The molecule has 4 nitrogen and oxygen atoms in total. The van der Waals surface area contributed by atoms with Gasteiger partial charge in [-0.2, -0.15) is 0 Å². The van der Waals surface area contributed by atoms with Gasteiger partial charge in [-0.15, -0.1) is 13.2 Å². The van der Waals surface area contributed by atoms with Crippen LogP contribution >= 0.6 is 0 Å². The maximum atomic E-state index is 12.2. The highest BCUT2D eigenvalue weighted by molar-refractivity contribution is 6.09. The molecule has 0 N–H and O–H groups in total. The number of hydrogen-bond donors (Lipinski definition) is 0. The second-order valence-electron chi connectivity index (χ2n) is 9.26. The van der Waals surface area contributed by atoms with Crippen LogP contribution in [0.3, 0.4) is 0 Å². The van der Waals surface area contributed by atoms with Crippen molar-refractivity contribution in [3.05, 3.63) is 156 Å². The molecule has 0 unspecified atom stereocenters. The third-order valence-electron chi connectivity index (χ3n) is 5.50. The first-order chi connectivity index (χ1) is 18.3. The summed E-state index contributed by atoms with van der Waals surface area (Å²) in [4.78, 5) is 28.5. The van der Waals surface area contributed by atoms with E-state index in [1.54, 1.807) is 0 Å². The number of ketones is 2. The predicted molar refractivity (Wildman–Crippen MR) is 159 cm³/mol. The number of nitrogens with zero attached hydrogens (tertiary/aromatic N) is 2. The topological polar surface area (TPSA) is 40.6 Å². The zero-order valence-electron chi connectivity index (χ0n) is 22.9. The van der Waals surface area contributed by atoms with Gasteiger partial charge in [-0.25, -0.2) is 0 Å². The summed E-state index contributed by atoms with van der Waals surface area (Å²) in [6.07, 6.45) is 0. The first kappa shape index (κ1) is 30.1. The Kier molecular flexibility index (Phi) is 12.6. The first-order valence-electron chi connectivity index (χ1n) is 12.5. The van der Waals surface area contributed by atoms with Crippen molar-refractivity contribution in [2.75, 3.05) is 28.2 Å². The predicted octanol–water partition coefficient (Wildman–Crippen LogP) is 6.76. The van der Waals surface area contributed by atoms with Crippen molar-refractivity contribution < 1.29 is 9.59 Å². The minimum Gasteiger partial charge on any atom is -0.305 e. The summed E-state index contributed by atoms with van der Waals surface area (Å²) in [5.74, 6) is 0.152. The van der Waals surface area contributed by atoms with Crippen molar-refractivity contribution >= 4 is 11.6 Å². The Morgan fingerprint density at radius 1 is 0.474 bits per heavy atom. The van der Waals surface area contributed by atoms with Crippen LogP contribution in [0.4, 0.5) is 0 Å². The van der Waals surface area contributed by atoms with Gasteiger partial charge in [0, 0.05) is 35.3 Å². The summed E-state index contributed by atoms with van der Waals surface area (Å²) < 4.78 is 0. The quantitative estimate of drug-likeness (QED) is 0.196. The fraction of sp³-hybridized carbons (Fsp3) is 0.176. The maximum Gasteiger partial charge on any atom is 0.193 e. The van der Waals surface area contributed by atoms with Crippen LogP contribution in [-0.4, -0.2) is 49.6 Å². The molecule has 0 saturated heterocycles. The van der Waals surface area contributed by atoms with Gasteiger partial charge in [0.25, 0.3) is 0 Å². The average Bonchev–Trinajstić information content (AvgIpc) is 2.95. The zero-order valence-corrected chi connectivity index (χ0v) is 22.9. The first-order valence-corrected chi connectivity index (χ1v) is 12.5. The van der Waals surface area contributed by atoms with Gasteiger partial charge in [-0.05, 0) is 39.3 Å². The average molecular weight is 507 g/mol. The molecule has 0 bridgehead atoms.